The van der Waals surface area contributed by atoms with E-state index < -0.39 is 10.0 Å². The van der Waals surface area contributed by atoms with E-state index in [1.165, 1.54) is 16.8 Å². The zero-order valence-corrected chi connectivity index (χ0v) is 17.3. The van der Waals surface area contributed by atoms with E-state index >= 15 is 0 Å². The molecule has 1 aromatic carbocycles. The van der Waals surface area contributed by atoms with Crippen LogP contribution in [0.1, 0.15) is 55.4 Å². The number of nitrogens with zero attached hydrogens (tertiary/aromatic N) is 3. The molecule has 27 heavy (non-hydrogen) atoms. The van der Waals surface area contributed by atoms with Crippen LogP contribution in [0.15, 0.2) is 29.3 Å². The minimum absolute atomic E-state index is 0.327. The molecular formula is C21H29N3O2S. The van der Waals surface area contributed by atoms with Crippen molar-refractivity contribution in [3.8, 4) is 0 Å². The number of aromatic nitrogens is 2. The third-order valence-electron chi connectivity index (χ3n) is 6.00. The second kappa shape index (κ2) is 7.06. The molecule has 2 aliphatic rings. The number of rotatable bonds is 5. The highest BCUT2D eigenvalue weighted by molar-refractivity contribution is 7.89. The lowest BCUT2D eigenvalue weighted by molar-refractivity contribution is 0.445. The summed E-state index contributed by atoms with van der Waals surface area (Å²) < 4.78 is 30.2. The fourth-order valence-corrected chi connectivity index (χ4v) is 6.23. The van der Waals surface area contributed by atoms with Crippen LogP contribution in [0, 0.1) is 12.8 Å². The van der Waals surface area contributed by atoms with E-state index in [-0.39, 0.29) is 0 Å². The molecule has 1 aliphatic carbocycles. The molecule has 1 fully saturated rings. The van der Waals surface area contributed by atoms with E-state index in [9.17, 15) is 8.42 Å². The van der Waals surface area contributed by atoms with Crippen molar-refractivity contribution >= 4 is 10.0 Å². The van der Waals surface area contributed by atoms with Crippen molar-refractivity contribution < 1.29 is 8.42 Å². The molecule has 5 nitrogen and oxygen atoms in total. The van der Waals surface area contributed by atoms with Crippen LogP contribution >= 0.6 is 0 Å². The predicted molar refractivity (Wildman–Crippen MR) is 106 cm³/mol. The summed E-state index contributed by atoms with van der Waals surface area (Å²) >= 11 is 0. The zero-order chi connectivity index (χ0) is 19.2. The predicted octanol–water partition coefficient (Wildman–Crippen LogP) is 3.51. The lowest BCUT2D eigenvalue weighted by atomic mass is 10.0. The van der Waals surface area contributed by atoms with Gasteiger partial charge in [-0.3, -0.25) is 0 Å². The van der Waals surface area contributed by atoms with Gasteiger partial charge >= 0.3 is 0 Å². The summed E-state index contributed by atoms with van der Waals surface area (Å²) in [6, 6.07) is 6.07. The van der Waals surface area contributed by atoms with Crippen LogP contribution in [0.2, 0.25) is 0 Å². The highest BCUT2D eigenvalue weighted by atomic mass is 32.2. The molecule has 1 aliphatic heterocycles. The van der Waals surface area contributed by atoms with Crippen molar-refractivity contribution in [2.75, 3.05) is 13.1 Å². The molecule has 4 rings (SSSR count). The van der Waals surface area contributed by atoms with Crippen molar-refractivity contribution in [1.29, 1.82) is 0 Å². The molecule has 1 saturated heterocycles. The molecule has 146 valence electrons. The second-order valence-corrected chi connectivity index (χ2v) is 10.2. The molecule has 6 heteroatoms. The van der Waals surface area contributed by atoms with Crippen molar-refractivity contribution in [3.05, 3.63) is 47.0 Å². The van der Waals surface area contributed by atoms with Crippen LogP contribution < -0.4 is 0 Å². The van der Waals surface area contributed by atoms with Crippen LogP contribution in [0.5, 0.6) is 0 Å². The molecule has 1 atom stereocenters. The van der Waals surface area contributed by atoms with Crippen LogP contribution in [0.4, 0.5) is 0 Å². The summed E-state index contributed by atoms with van der Waals surface area (Å²) in [5.74, 6) is 1.40. The number of benzene rings is 1. The molecule has 0 saturated carbocycles. The van der Waals surface area contributed by atoms with Gasteiger partial charge in [0, 0.05) is 37.4 Å². The normalized spacial score (nSPS) is 20.5. The number of hydrogen-bond acceptors (Lipinski definition) is 3. The van der Waals surface area contributed by atoms with E-state index in [2.05, 4.69) is 30.3 Å². The Kier molecular flexibility index (Phi) is 4.89. The first-order valence-corrected chi connectivity index (χ1v) is 11.4. The summed E-state index contributed by atoms with van der Waals surface area (Å²) in [5.41, 5.74) is 3.69. The van der Waals surface area contributed by atoms with Gasteiger partial charge in [0.25, 0.3) is 0 Å². The third-order valence-corrected chi connectivity index (χ3v) is 7.86. The number of sulfonamides is 1. The first kappa shape index (κ1) is 18.7. The van der Waals surface area contributed by atoms with Crippen molar-refractivity contribution in [1.82, 2.24) is 13.9 Å². The smallest absolute Gasteiger partial charge is 0.243 e. The largest absolute Gasteiger partial charge is 0.330 e. The van der Waals surface area contributed by atoms with Crippen LogP contribution in [0.3, 0.4) is 0 Å². The molecule has 1 aromatic heterocycles. The quantitative estimate of drug-likeness (QED) is 0.789. The molecule has 0 bridgehead atoms. The van der Waals surface area contributed by atoms with Gasteiger partial charge in [0.1, 0.15) is 5.82 Å². The van der Waals surface area contributed by atoms with E-state index in [1.807, 2.05) is 18.3 Å². The zero-order valence-electron chi connectivity index (χ0n) is 16.5. The molecule has 2 heterocycles. The number of aryl methyl sites for hydroxylation is 3. The van der Waals surface area contributed by atoms with Crippen molar-refractivity contribution in [2.24, 2.45) is 5.92 Å². The van der Waals surface area contributed by atoms with Crippen LogP contribution in [-0.4, -0.2) is 35.4 Å². The molecule has 0 N–H and O–H groups in total. The highest BCUT2D eigenvalue weighted by Crippen LogP contribution is 2.30. The first-order chi connectivity index (χ1) is 12.9. The average Bonchev–Trinajstić information content (AvgIpc) is 3.34. The minimum Gasteiger partial charge on any atom is -0.330 e. The topological polar surface area (TPSA) is 55.2 Å². The van der Waals surface area contributed by atoms with Gasteiger partial charge in [-0.2, -0.15) is 4.31 Å². The summed E-state index contributed by atoms with van der Waals surface area (Å²) in [7, 11) is -3.40. The van der Waals surface area contributed by atoms with Gasteiger partial charge in [0.15, 0.2) is 0 Å². The van der Waals surface area contributed by atoms with E-state index in [0.29, 0.717) is 29.9 Å². The summed E-state index contributed by atoms with van der Waals surface area (Å²) in [4.78, 5) is 5.04. The Balaban J connectivity index is 1.49. The Morgan fingerprint density at radius 1 is 1.22 bits per heavy atom. The van der Waals surface area contributed by atoms with Crippen molar-refractivity contribution in [3.63, 3.8) is 0 Å². The molecule has 1 unspecified atom stereocenters. The van der Waals surface area contributed by atoms with Crippen LogP contribution in [0.25, 0.3) is 0 Å². The Hall–Kier alpha value is -1.66. The van der Waals surface area contributed by atoms with Gasteiger partial charge < -0.3 is 4.57 Å². The second-order valence-electron chi connectivity index (χ2n) is 8.29. The number of fused-ring (bicyclic) bond motifs is 1. The summed E-state index contributed by atoms with van der Waals surface area (Å²) in [6.45, 7) is 7.60. The SMILES string of the molecule is Cc1cnc(CC2CCN(S(=O)(=O)c3ccc4c(c3)CCC4)C2)n1C(C)C. The van der Waals surface area contributed by atoms with E-state index in [1.54, 1.807) is 10.4 Å². The lowest BCUT2D eigenvalue weighted by Crippen LogP contribution is -2.29. The highest BCUT2D eigenvalue weighted by Gasteiger charge is 2.33. The first-order valence-electron chi connectivity index (χ1n) is 10.0. The van der Waals surface area contributed by atoms with E-state index in [0.717, 1.165) is 37.9 Å². The monoisotopic (exact) mass is 387 g/mol. The van der Waals surface area contributed by atoms with Crippen LogP contribution in [-0.2, 0) is 29.3 Å². The maximum Gasteiger partial charge on any atom is 0.243 e. The third kappa shape index (κ3) is 3.45. The Labute approximate surface area is 162 Å². The molecule has 2 aromatic rings. The maximum absolute atomic E-state index is 13.1. The minimum atomic E-state index is -3.40. The molecule has 0 spiro atoms. The maximum atomic E-state index is 13.1. The van der Waals surface area contributed by atoms with Gasteiger partial charge in [0.2, 0.25) is 10.0 Å². The van der Waals surface area contributed by atoms with Gasteiger partial charge in [0.05, 0.1) is 4.90 Å². The van der Waals surface area contributed by atoms with Gasteiger partial charge in [-0.1, -0.05) is 6.07 Å². The Morgan fingerprint density at radius 2 is 2.00 bits per heavy atom. The Bertz CT molecular complexity index is 946. The number of imidazole rings is 1. The van der Waals surface area contributed by atoms with Gasteiger partial charge in [-0.05, 0) is 75.6 Å². The molecule has 0 radical (unpaired) electrons. The Morgan fingerprint density at radius 3 is 2.78 bits per heavy atom. The van der Waals surface area contributed by atoms with Gasteiger partial charge in [-0.15, -0.1) is 0 Å². The fourth-order valence-electron chi connectivity index (χ4n) is 4.65. The standard InChI is InChI=1S/C21H29N3O2S/c1-15(2)24-16(3)13-22-21(24)11-17-9-10-23(14-17)27(25,26)20-8-7-18-5-4-6-19(18)12-20/h7-8,12-13,15,17H,4-6,9-11,14H2,1-3H3. The number of hydrogen-bond donors (Lipinski definition) is 0. The lowest BCUT2D eigenvalue weighted by Gasteiger charge is -2.18. The molecule has 0 amide bonds. The van der Waals surface area contributed by atoms with Gasteiger partial charge in [-0.25, -0.2) is 13.4 Å². The van der Waals surface area contributed by atoms with E-state index in [4.69, 9.17) is 0 Å². The summed E-state index contributed by atoms with van der Waals surface area (Å²) in [5, 5.41) is 0. The van der Waals surface area contributed by atoms with Crippen molar-refractivity contribution in [2.45, 2.75) is 63.8 Å². The average molecular weight is 388 g/mol. The summed E-state index contributed by atoms with van der Waals surface area (Å²) in [6.07, 6.45) is 6.86. The fraction of sp³-hybridized carbons (Fsp3) is 0.571. The molecular weight excluding hydrogens is 358 g/mol.